The molecule has 0 radical (unpaired) electrons. The molecule has 0 amide bonds. The lowest BCUT2D eigenvalue weighted by molar-refractivity contribution is 0.00206. The maximum atomic E-state index is 5.76. The summed E-state index contributed by atoms with van der Waals surface area (Å²) in [7, 11) is 0. The molecule has 0 unspecified atom stereocenters. The summed E-state index contributed by atoms with van der Waals surface area (Å²) in [4.78, 5) is 10.5. The zero-order valence-corrected chi connectivity index (χ0v) is 20.2. The molecule has 1 aliphatic rings. The lowest BCUT2D eigenvalue weighted by Gasteiger charge is -2.25. The maximum absolute atomic E-state index is 5.76. The van der Waals surface area contributed by atoms with Crippen LogP contribution in [0.3, 0.4) is 0 Å². The van der Waals surface area contributed by atoms with Gasteiger partial charge in [-0.25, -0.2) is 4.98 Å². The van der Waals surface area contributed by atoms with Crippen molar-refractivity contribution in [1.82, 2.24) is 9.97 Å². The summed E-state index contributed by atoms with van der Waals surface area (Å²) in [5.74, 6) is 2.12. The van der Waals surface area contributed by atoms with Gasteiger partial charge < -0.3 is 37.7 Å². The molecule has 5 rings (SSSR count). The minimum atomic E-state index is 0.567. The van der Waals surface area contributed by atoms with E-state index in [1.807, 2.05) is 24.3 Å². The van der Waals surface area contributed by atoms with E-state index >= 15 is 0 Å². The highest BCUT2D eigenvalue weighted by Crippen LogP contribution is 2.33. The second-order valence-electron chi connectivity index (χ2n) is 8.25. The zero-order chi connectivity index (χ0) is 24.4. The molecular formula is C27H31N3O6. The van der Waals surface area contributed by atoms with Crippen molar-refractivity contribution in [2.75, 3.05) is 70.8 Å². The number of benzene rings is 1. The number of aromatic amines is 1. The van der Waals surface area contributed by atoms with Crippen LogP contribution in [-0.2, 0) is 18.9 Å². The normalized spacial score (nSPS) is 16.9. The monoisotopic (exact) mass is 493 g/mol. The van der Waals surface area contributed by atoms with Crippen LogP contribution in [0.25, 0.3) is 34.3 Å². The quantitative estimate of drug-likeness (QED) is 0.445. The highest BCUT2D eigenvalue weighted by molar-refractivity contribution is 5.77. The van der Waals surface area contributed by atoms with Crippen molar-refractivity contribution in [1.29, 1.82) is 0 Å². The summed E-state index contributed by atoms with van der Waals surface area (Å²) >= 11 is 0. The lowest BCUT2D eigenvalue weighted by Crippen LogP contribution is -2.31. The number of nitrogens with one attached hydrogen (secondary N) is 1. The van der Waals surface area contributed by atoms with E-state index in [4.69, 9.17) is 32.8 Å². The van der Waals surface area contributed by atoms with Crippen molar-refractivity contribution in [3.8, 4) is 34.3 Å². The van der Waals surface area contributed by atoms with Crippen molar-refractivity contribution in [3.05, 3.63) is 61.1 Å². The van der Waals surface area contributed by atoms with Crippen LogP contribution >= 0.6 is 0 Å². The fraction of sp³-hybridized carbons (Fsp3) is 0.370. The summed E-state index contributed by atoms with van der Waals surface area (Å²) in [6.45, 7) is 6.14. The number of anilines is 1. The van der Waals surface area contributed by atoms with Gasteiger partial charge in [0.05, 0.1) is 65.4 Å². The molecule has 0 bridgehead atoms. The Kier molecular flexibility index (Phi) is 8.48. The van der Waals surface area contributed by atoms with Gasteiger partial charge in [0.1, 0.15) is 17.2 Å². The van der Waals surface area contributed by atoms with E-state index in [0.717, 1.165) is 35.9 Å². The van der Waals surface area contributed by atoms with Crippen LogP contribution in [0.4, 0.5) is 5.69 Å². The molecule has 0 saturated carbocycles. The third-order valence-electron chi connectivity index (χ3n) is 5.86. The maximum Gasteiger partial charge on any atom is 0.154 e. The third kappa shape index (κ3) is 6.24. The zero-order valence-electron chi connectivity index (χ0n) is 20.2. The third-order valence-corrected chi connectivity index (χ3v) is 5.86. The van der Waals surface area contributed by atoms with Crippen molar-refractivity contribution >= 4 is 5.69 Å². The molecule has 0 aliphatic carbocycles. The molecule has 4 aromatic rings. The number of hydrogen-bond acceptors (Lipinski definition) is 8. The van der Waals surface area contributed by atoms with E-state index in [2.05, 4.69) is 34.1 Å². The molecule has 36 heavy (non-hydrogen) atoms. The molecule has 1 N–H and O–H groups in total. The van der Waals surface area contributed by atoms with Crippen LogP contribution in [-0.4, -0.2) is 75.9 Å². The van der Waals surface area contributed by atoms with Crippen LogP contribution in [0, 0.1) is 0 Å². The molecule has 0 spiro atoms. The van der Waals surface area contributed by atoms with Gasteiger partial charge in [0.2, 0.25) is 0 Å². The van der Waals surface area contributed by atoms with Gasteiger partial charge in [-0.2, -0.15) is 0 Å². The number of ether oxygens (including phenoxy) is 4. The van der Waals surface area contributed by atoms with Crippen molar-refractivity contribution in [3.63, 3.8) is 0 Å². The van der Waals surface area contributed by atoms with Crippen molar-refractivity contribution in [2.45, 2.75) is 0 Å². The van der Waals surface area contributed by atoms with Gasteiger partial charge >= 0.3 is 0 Å². The number of H-pyrrole nitrogens is 1. The first kappa shape index (κ1) is 24.3. The van der Waals surface area contributed by atoms with Crippen LogP contribution < -0.4 is 4.90 Å². The second-order valence-corrected chi connectivity index (χ2v) is 8.25. The minimum absolute atomic E-state index is 0.567. The number of aromatic nitrogens is 2. The molecule has 1 aliphatic heterocycles. The fourth-order valence-corrected chi connectivity index (χ4v) is 4.01. The number of imidazole rings is 1. The Morgan fingerprint density at radius 1 is 0.639 bits per heavy atom. The van der Waals surface area contributed by atoms with E-state index in [-0.39, 0.29) is 0 Å². The highest BCUT2D eigenvalue weighted by Gasteiger charge is 2.19. The molecule has 1 aromatic carbocycles. The Labute approximate surface area is 209 Å². The van der Waals surface area contributed by atoms with E-state index in [0.29, 0.717) is 70.1 Å². The van der Waals surface area contributed by atoms with Crippen LogP contribution in [0.15, 0.2) is 69.9 Å². The lowest BCUT2D eigenvalue weighted by atomic mass is 10.2. The first-order valence-corrected chi connectivity index (χ1v) is 12.2. The van der Waals surface area contributed by atoms with Gasteiger partial charge in [-0.1, -0.05) is 0 Å². The average molecular weight is 494 g/mol. The predicted molar refractivity (Wildman–Crippen MR) is 135 cm³/mol. The van der Waals surface area contributed by atoms with E-state index < -0.39 is 0 Å². The molecule has 9 nitrogen and oxygen atoms in total. The van der Waals surface area contributed by atoms with Gasteiger partial charge in [-0.15, -0.1) is 0 Å². The van der Waals surface area contributed by atoms with Crippen molar-refractivity contribution < 1.29 is 27.8 Å². The Hall–Kier alpha value is -3.37. The topological polar surface area (TPSA) is 95.1 Å². The molecular weight excluding hydrogens is 462 g/mol. The van der Waals surface area contributed by atoms with Gasteiger partial charge in [0, 0.05) is 24.3 Å². The van der Waals surface area contributed by atoms with E-state index in [9.17, 15) is 0 Å². The Balaban J connectivity index is 1.31. The first-order chi connectivity index (χ1) is 17.9. The Bertz CT molecular complexity index is 1090. The van der Waals surface area contributed by atoms with Crippen molar-refractivity contribution in [2.24, 2.45) is 0 Å². The van der Waals surface area contributed by atoms with Crippen LogP contribution in [0.1, 0.15) is 0 Å². The standard InChI is InChI=1S/C27H31N3O6/c1-3-23(35-11-1)25-26(24-4-2-12-36-24)29-27(28-25)21-5-7-22(8-6-21)30-9-13-31-15-17-33-19-20-34-18-16-32-14-10-30/h1-8,11-12H,9-10,13-20H2,(H,28,29). The van der Waals surface area contributed by atoms with Gasteiger partial charge in [-0.3, -0.25) is 0 Å². The molecule has 4 heterocycles. The molecule has 190 valence electrons. The minimum Gasteiger partial charge on any atom is -0.463 e. The molecule has 0 atom stereocenters. The van der Waals surface area contributed by atoms with E-state index in [1.54, 1.807) is 12.5 Å². The van der Waals surface area contributed by atoms with Crippen LogP contribution in [0.2, 0.25) is 0 Å². The second kappa shape index (κ2) is 12.5. The molecule has 9 heteroatoms. The molecule has 1 saturated heterocycles. The molecule has 3 aromatic heterocycles. The van der Waals surface area contributed by atoms with Gasteiger partial charge in [0.25, 0.3) is 0 Å². The molecule has 1 fully saturated rings. The average Bonchev–Trinajstić information content (AvgIpc) is 3.68. The summed E-state index contributed by atoms with van der Waals surface area (Å²) in [5.41, 5.74) is 3.54. The number of nitrogens with zero attached hydrogens (tertiary/aromatic N) is 2. The SMILES string of the molecule is c1coc(-c2nc(-c3ccc(N4CCOCCOCCOCCOCC4)cc3)[nH]c2-c2ccco2)c1. The Morgan fingerprint density at radius 2 is 1.19 bits per heavy atom. The largest absolute Gasteiger partial charge is 0.463 e. The van der Waals surface area contributed by atoms with Gasteiger partial charge in [-0.05, 0) is 48.5 Å². The van der Waals surface area contributed by atoms with Gasteiger partial charge in [0.15, 0.2) is 11.5 Å². The summed E-state index contributed by atoms with van der Waals surface area (Å²) in [5, 5.41) is 0. The summed E-state index contributed by atoms with van der Waals surface area (Å²) < 4.78 is 33.8. The summed E-state index contributed by atoms with van der Waals surface area (Å²) in [6.07, 6.45) is 3.28. The summed E-state index contributed by atoms with van der Waals surface area (Å²) in [6, 6.07) is 15.8. The highest BCUT2D eigenvalue weighted by atomic mass is 16.6. The first-order valence-electron chi connectivity index (χ1n) is 12.2. The Morgan fingerprint density at radius 3 is 1.75 bits per heavy atom. The fourth-order valence-electron chi connectivity index (χ4n) is 4.01. The number of furan rings is 2. The smallest absolute Gasteiger partial charge is 0.154 e. The van der Waals surface area contributed by atoms with E-state index in [1.165, 1.54) is 0 Å². The predicted octanol–water partition coefficient (Wildman–Crippen LogP) is 4.48. The van der Waals surface area contributed by atoms with Crippen LogP contribution in [0.5, 0.6) is 0 Å². The number of rotatable bonds is 4. The number of hydrogen-bond donors (Lipinski definition) is 1.